The number of aryl methyl sites for hydroxylation is 3. The highest BCUT2D eigenvalue weighted by molar-refractivity contribution is 5.72. The molecule has 1 aliphatic rings. The molecule has 1 aromatic heterocycles. The van der Waals surface area contributed by atoms with Crippen molar-refractivity contribution in [3.05, 3.63) is 53.2 Å². The van der Waals surface area contributed by atoms with Crippen LogP contribution in [0.25, 0.3) is 11.3 Å². The van der Waals surface area contributed by atoms with Crippen LogP contribution in [0.5, 0.6) is 0 Å². The number of nitrogens with zero attached hydrogens (tertiary/aromatic N) is 1. The summed E-state index contributed by atoms with van der Waals surface area (Å²) in [6.07, 6.45) is 4.16. The monoisotopic (exact) mass is 255 g/mol. The number of hydrogen-bond acceptors (Lipinski definition) is 1. The van der Waals surface area contributed by atoms with Crippen LogP contribution in [0.3, 0.4) is 0 Å². The molecule has 0 spiro atoms. The largest absolute Gasteiger partial charge is 0.256 e. The standard InChI is InChI=1S/C14H13N.2C2H6/c1-10-4-2-5-11-7-8-12-6-3-9-15-14(12)13(10)11;2*1-2/h2-6,9H,7-8H2,1H3;2*1-2H3. The second-order valence-electron chi connectivity index (χ2n) is 4.12. The predicted octanol–water partition coefficient (Wildman–Crippen LogP) is 5.21. The molecule has 1 nitrogen and oxygen atoms in total. The van der Waals surface area contributed by atoms with Gasteiger partial charge in [0.05, 0.1) is 5.69 Å². The van der Waals surface area contributed by atoms with Gasteiger partial charge in [-0.05, 0) is 42.5 Å². The van der Waals surface area contributed by atoms with E-state index in [0.717, 1.165) is 12.8 Å². The van der Waals surface area contributed by atoms with Gasteiger partial charge in [-0.25, -0.2) is 0 Å². The highest BCUT2D eigenvalue weighted by Crippen LogP contribution is 2.33. The summed E-state index contributed by atoms with van der Waals surface area (Å²) < 4.78 is 0. The third-order valence-electron chi connectivity index (χ3n) is 3.15. The number of benzene rings is 1. The number of aromatic nitrogens is 1. The van der Waals surface area contributed by atoms with Crippen LogP contribution in [-0.2, 0) is 12.8 Å². The molecule has 0 unspecified atom stereocenters. The minimum Gasteiger partial charge on any atom is -0.256 e. The highest BCUT2D eigenvalue weighted by atomic mass is 14.7. The molecule has 1 aromatic carbocycles. The van der Waals surface area contributed by atoms with Crippen LogP contribution in [0.15, 0.2) is 36.5 Å². The van der Waals surface area contributed by atoms with Gasteiger partial charge in [-0.15, -0.1) is 0 Å². The number of rotatable bonds is 0. The van der Waals surface area contributed by atoms with Gasteiger partial charge in [0, 0.05) is 11.8 Å². The molecule has 1 heteroatoms. The van der Waals surface area contributed by atoms with Crippen LogP contribution < -0.4 is 0 Å². The molecule has 0 aliphatic heterocycles. The topological polar surface area (TPSA) is 12.9 Å². The average Bonchev–Trinajstić information content (AvgIpc) is 2.51. The number of pyridine rings is 1. The van der Waals surface area contributed by atoms with E-state index in [2.05, 4.69) is 36.2 Å². The molecule has 1 aliphatic carbocycles. The zero-order valence-electron chi connectivity index (χ0n) is 12.8. The first-order valence-corrected chi connectivity index (χ1v) is 7.39. The summed E-state index contributed by atoms with van der Waals surface area (Å²) in [5, 5.41) is 0. The van der Waals surface area contributed by atoms with Gasteiger partial charge in [-0.2, -0.15) is 0 Å². The van der Waals surface area contributed by atoms with Crippen LogP contribution in [0.2, 0.25) is 0 Å². The summed E-state index contributed by atoms with van der Waals surface area (Å²) in [5.41, 5.74) is 6.73. The predicted molar refractivity (Wildman–Crippen MR) is 84.5 cm³/mol. The van der Waals surface area contributed by atoms with Crippen LogP contribution in [0.1, 0.15) is 44.4 Å². The van der Waals surface area contributed by atoms with Crippen molar-refractivity contribution in [3.8, 4) is 11.3 Å². The minimum atomic E-state index is 1.12. The first-order valence-electron chi connectivity index (χ1n) is 7.39. The lowest BCUT2D eigenvalue weighted by atomic mass is 9.86. The zero-order chi connectivity index (χ0) is 14.3. The van der Waals surface area contributed by atoms with E-state index in [1.165, 1.54) is 27.9 Å². The van der Waals surface area contributed by atoms with Crippen molar-refractivity contribution in [2.75, 3.05) is 0 Å². The highest BCUT2D eigenvalue weighted by Gasteiger charge is 2.17. The Kier molecular flexibility index (Phi) is 6.27. The van der Waals surface area contributed by atoms with Gasteiger partial charge in [-0.3, -0.25) is 4.98 Å². The molecule has 0 atom stereocenters. The van der Waals surface area contributed by atoms with Crippen LogP contribution in [0.4, 0.5) is 0 Å². The SMILES string of the molecule is CC.CC.Cc1cccc2c1-c1ncccc1CC2. The normalized spacial score (nSPS) is 11.0. The van der Waals surface area contributed by atoms with Gasteiger partial charge in [0.15, 0.2) is 0 Å². The van der Waals surface area contributed by atoms with Crippen molar-refractivity contribution in [1.29, 1.82) is 0 Å². The Bertz CT molecular complexity index is 515. The Morgan fingerprint density at radius 1 is 0.842 bits per heavy atom. The van der Waals surface area contributed by atoms with E-state index in [9.17, 15) is 0 Å². The summed E-state index contributed by atoms with van der Waals surface area (Å²) in [4.78, 5) is 4.52. The molecular formula is C18H25N. The van der Waals surface area contributed by atoms with Crippen molar-refractivity contribution in [3.63, 3.8) is 0 Å². The molecule has 0 saturated carbocycles. The molecule has 0 radical (unpaired) electrons. The van der Waals surface area contributed by atoms with Gasteiger partial charge in [0.25, 0.3) is 0 Å². The van der Waals surface area contributed by atoms with Gasteiger partial charge < -0.3 is 0 Å². The molecule has 0 fully saturated rings. The molecule has 1 heterocycles. The maximum Gasteiger partial charge on any atom is 0.0739 e. The van der Waals surface area contributed by atoms with Crippen LogP contribution in [0, 0.1) is 6.92 Å². The molecule has 0 saturated heterocycles. The molecule has 19 heavy (non-hydrogen) atoms. The second kappa shape index (κ2) is 7.73. The Morgan fingerprint density at radius 2 is 1.47 bits per heavy atom. The Morgan fingerprint density at radius 3 is 2.21 bits per heavy atom. The van der Waals surface area contributed by atoms with Gasteiger partial charge >= 0.3 is 0 Å². The third-order valence-corrected chi connectivity index (χ3v) is 3.15. The van der Waals surface area contributed by atoms with E-state index < -0.39 is 0 Å². The Hall–Kier alpha value is -1.63. The maximum absolute atomic E-state index is 4.52. The first kappa shape index (κ1) is 15.4. The number of fused-ring (bicyclic) bond motifs is 3. The van der Waals surface area contributed by atoms with E-state index >= 15 is 0 Å². The summed E-state index contributed by atoms with van der Waals surface area (Å²) in [6, 6.07) is 10.8. The van der Waals surface area contributed by atoms with E-state index in [0.29, 0.717) is 0 Å². The van der Waals surface area contributed by atoms with Crippen molar-refractivity contribution in [1.82, 2.24) is 4.98 Å². The molecule has 0 amide bonds. The van der Waals surface area contributed by atoms with E-state index in [-0.39, 0.29) is 0 Å². The van der Waals surface area contributed by atoms with Crippen LogP contribution >= 0.6 is 0 Å². The molecular weight excluding hydrogens is 230 g/mol. The fourth-order valence-electron chi connectivity index (χ4n) is 2.41. The lowest BCUT2D eigenvalue weighted by Crippen LogP contribution is -2.06. The Labute approximate surface area is 117 Å². The summed E-state index contributed by atoms with van der Waals surface area (Å²) in [6.45, 7) is 10.2. The Balaban J connectivity index is 0.000000415. The van der Waals surface area contributed by atoms with E-state index in [1.807, 2.05) is 40.0 Å². The summed E-state index contributed by atoms with van der Waals surface area (Å²) in [7, 11) is 0. The summed E-state index contributed by atoms with van der Waals surface area (Å²) >= 11 is 0. The lowest BCUT2D eigenvalue weighted by Gasteiger charge is -2.20. The fraction of sp³-hybridized carbons (Fsp3) is 0.389. The third kappa shape index (κ3) is 3.23. The van der Waals surface area contributed by atoms with Gasteiger partial charge in [0.1, 0.15) is 0 Å². The van der Waals surface area contributed by atoms with Crippen molar-refractivity contribution in [2.45, 2.75) is 47.5 Å². The minimum absolute atomic E-state index is 1.12. The molecule has 0 N–H and O–H groups in total. The average molecular weight is 255 g/mol. The number of hydrogen-bond donors (Lipinski definition) is 0. The van der Waals surface area contributed by atoms with Gasteiger partial charge in [0.2, 0.25) is 0 Å². The zero-order valence-corrected chi connectivity index (χ0v) is 12.8. The van der Waals surface area contributed by atoms with Crippen LogP contribution in [-0.4, -0.2) is 4.98 Å². The quantitative estimate of drug-likeness (QED) is 0.630. The molecule has 0 bridgehead atoms. The smallest absolute Gasteiger partial charge is 0.0739 e. The van der Waals surface area contributed by atoms with Crippen molar-refractivity contribution < 1.29 is 0 Å². The first-order chi connectivity index (χ1) is 9.36. The lowest BCUT2D eigenvalue weighted by molar-refractivity contribution is 0.924. The fourth-order valence-corrected chi connectivity index (χ4v) is 2.41. The molecule has 102 valence electrons. The summed E-state index contributed by atoms with van der Waals surface area (Å²) in [5.74, 6) is 0. The second-order valence-corrected chi connectivity index (χ2v) is 4.12. The van der Waals surface area contributed by atoms with Crippen molar-refractivity contribution in [2.24, 2.45) is 0 Å². The van der Waals surface area contributed by atoms with E-state index in [1.54, 1.807) is 0 Å². The molecule has 2 aromatic rings. The maximum atomic E-state index is 4.52. The molecule has 3 rings (SSSR count). The van der Waals surface area contributed by atoms with Gasteiger partial charge in [-0.1, -0.05) is 52.0 Å². The van der Waals surface area contributed by atoms with Crippen molar-refractivity contribution >= 4 is 0 Å². The van der Waals surface area contributed by atoms with E-state index in [4.69, 9.17) is 0 Å².